The summed E-state index contributed by atoms with van der Waals surface area (Å²) in [4.78, 5) is 28.9. The first-order chi connectivity index (χ1) is 12.1. The molecule has 2 aromatic carbocycles. The Morgan fingerprint density at radius 3 is 2.60 bits per heavy atom. The number of aromatic nitrogens is 2. The van der Waals surface area contributed by atoms with Crippen LogP contribution in [0, 0.1) is 6.92 Å². The number of amides is 1. The van der Waals surface area contributed by atoms with Gasteiger partial charge < -0.3 is 10.1 Å². The summed E-state index contributed by atoms with van der Waals surface area (Å²) in [6, 6.07) is 14.3. The quantitative estimate of drug-likeness (QED) is 0.777. The number of anilines is 1. The summed E-state index contributed by atoms with van der Waals surface area (Å²) in [5, 5.41) is 3.32. The van der Waals surface area contributed by atoms with E-state index in [4.69, 9.17) is 4.74 Å². The number of nitrogens with one attached hydrogen (secondary N) is 1. The van der Waals surface area contributed by atoms with Crippen LogP contribution in [0.5, 0.6) is 0 Å². The van der Waals surface area contributed by atoms with E-state index in [1.54, 1.807) is 41.8 Å². The van der Waals surface area contributed by atoms with E-state index in [-0.39, 0.29) is 18.1 Å². The van der Waals surface area contributed by atoms with E-state index in [1.807, 2.05) is 25.1 Å². The molecule has 1 amide bonds. The van der Waals surface area contributed by atoms with Crippen molar-refractivity contribution >= 4 is 22.5 Å². The maximum Gasteiger partial charge on any atom is 0.265 e. The molecule has 25 heavy (non-hydrogen) atoms. The van der Waals surface area contributed by atoms with Gasteiger partial charge in [0.05, 0.1) is 16.6 Å². The summed E-state index contributed by atoms with van der Waals surface area (Å²) in [6.45, 7) is 4.14. The molecule has 0 unspecified atom stereocenters. The van der Waals surface area contributed by atoms with E-state index in [0.29, 0.717) is 34.7 Å². The Hall–Kier alpha value is -2.99. The first kappa shape index (κ1) is 16.9. The van der Waals surface area contributed by atoms with Gasteiger partial charge in [-0.05, 0) is 50.2 Å². The second-order valence-corrected chi connectivity index (χ2v) is 5.55. The lowest BCUT2D eigenvalue weighted by molar-refractivity contribution is -0.120. The predicted octanol–water partition coefficient (Wildman–Crippen LogP) is 2.67. The van der Waals surface area contributed by atoms with E-state index in [9.17, 15) is 9.59 Å². The lowest BCUT2D eigenvalue weighted by Gasteiger charge is -2.12. The molecule has 1 N–H and O–H groups in total. The van der Waals surface area contributed by atoms with Gasteiger partial charge in [0.1, 0.15) is 12.4 Å². The first-order valence-corrected chi connectivity index (χ1v) is 8.06. The van der Waals surface area contributed by atoms with E-state index in [1.165, 1.54) is 0 Å². The zero-order valence-electron chi connectivity index (χ0n) is 14.2. The van der Waals surface area contributed by atoms with Crippen molar-refractivity contribution in [2.75, 3.05) is 18.5 Å². The normalized spacial score (nSPS) is 10.8. The maximum absolute atomic E-state index is 12.8. The molecule has 0 saturated heterocycles. The van der Waals surface area contributed by atoms with E-state index in [0.717, 1.165) is 0 Å². The number of carbonyl (C=O) groups excluding carboxylic acids is 1. The molecule has 3 rings (SSSR count). The molecule has 0 spiro atoms. The molecule has 0 saturated carbocycles. The van der Waals surface area contributed by atoms with Crippen LogP contribution >= 0.6 is 0 Å². The molecule has 1 heterocycles. The number of para-hydroxylation sites is 1. The number of benzene rings is 2. The molecule has 6 nitrogen and oxygen atoms in total. The number of aryl methyl sites for hydroxylation is 1. The van der Waals surface area contributed by atoms with Gasteiger partial charge in [0.25, 0.3) is 5.56 Å². The minimum atomic E-state index is -0.213. The second-order valence-electron chi connectivity index (χ2n) is 5.55. The van der Waals surface area contributed by atoms with Crippen LogP contribution in [0.25, 0.3) is 16.6 Å². The van der Waals surface area contributed by atoms with Gasteiger partial charge in [0.2, 0.25) is 5.91 Å². The Morgan fingerprint density at radius 1 is 1.16 bits per heavy atom. The average molecular weight is 337 g/mol. The molecule has 0 fully saturated rings. The number of carbonyl (C=O) groups is 1. The monoisotopic (exact) mass is 337 g/mol. The van der Waals surface area contributed by atoms with E-state index in [2.05, 4.69) is 10.3 Å². The molecular weight excluding hydrogens is 318 g/mol. The summed E-state index contributed by atoms with van der Waals surface area (Å²) in [6.07, 6.45) is 0. The third-order valence-electron chi connectivity index (χ3n) is 3.79. The number of hydrogen-bond acceptors (Lipinski definition) is 4. The number of rotatable bonds is 5. The Balaban J connectivity index is 1.91. The third kappa shape index (κ3) is 3.59. The fourth-order valence-electron chi connectivity index (χ4n) is 2.63. The summed E-state index contributed by atoms with van der Waals surface area (Å²) in [5.74, 6) is 0.396. The highest BCUT2D eigenvalue weighted by atomic mass is 16.5. The van der Waals surface area contributed by atoms with Gasteiger partial charge in [-0.3, -0.25) is 14.2 Å². The topological polar surface area (TPSA) is 73.2 Å². The number of hydrogen-bond donors (Lipinski definition) is 1. The number of nitrogens with zero attached hydrogens (tertiary/aromatic N) is 2. The summed E-state index contributed by atoms with van der Waals surface area (Å²) in [7, 11) is 0. The molecule has 0 bridgehead atoms. The van der Waals surface area contributed by atoms with Crippen molar-refractivity contribution < 1.29 is 9.53 Å². The van der Waals surface area contributed by atoms with Crippen LogP contribution in [0.2, 0.25) is 0 Å². The van der Waals surface area contributed by atoms with Crippen molar-refractivity contribution in [1.82, 2.24) is 9.55 Å². The van der Waals surface area contributed by atoms with Crippen molar-refractivity contribution in [1.29, 1.82) is 0 Å². The van der Waals surface area contributed by atoms with Crippen molar-refractivity contribution in [3.8, 4) is 5.69 Å². The average Bonchev–Trinajstić information content (AvgIpc) is 2.61. The fourth-order valence-corrected chi connectivity index (χ4v) is 2.63. The van der Waals surface area contributed by atoms with Crippen LogP contribution in [0.1, 0.15) is 12.7 Å². The van der Waals surface area contributed by atoms with Crippen LogP contribution in [0.4, 0.5) is 5.69 Å². The number of fused-ring (bicyclic) bond motifs is 1. The standard InChI is InChI=1S/C19H19N3O3/c1-3-25-12-18(23)21-14-8-10-15(11-9-14)22-13(2)20-17-7-5-4-6-16(17)19(22)24/h4-11H,3,12H2,1-2H3,(H,21,23). The highest BCUT2D eigenvalue weighted by Crippen LogP contribution is 2.15. The summed E-state index contributed by atoms with van der Waals surface area (Å²) >= 11 is 0. The molecule has 6 heteroatoms. The molecule has 128 valence electrons. The van der Waals surface area contributed by atoms with Gasteiger partial charge in [0, 0.05) is 12.3 Å². The van der Waals surface area contributed by atoms with Crippen molar-refractivity contribution in [3.05, 3.63) is 64.7 Å². The lowest BCUT2D eigenvalue weighted by Crippen LogP contribution is -2.22. The first-order valence-electron chi connectivity index (χ1n) is 8.06. The van der Waals surface area contributed by atoms with Crippen molar-refractivity contribution in [3.63, 3.8) is 0 Å². The molecule has 0 aliphatic carbocycles. The van der Waals surface area contributed by atoms with Gasteiger partial charge in [0.15, 0.2) is 0 Å². The van der Waals surface area contributed by atoms with Crippen LogP contribution in [0.3, 0.4) is 0 Å². The number of ether oxygens (including phenoxy) is 1. The second kappa shape index (κ2) is 7.27. The minimum Gasteiger partial charge on any atom is -0.372 e. The van der Waals surface area contributed by atoms with Gasteiger partial charge >= 0.3 is 0 Å². The zero-order chi connectivity index (χ0) is 17.8. The van der Waals surface area contributed by atoms with Crippen LogP contribution < -0.4 is 10.9 Å². The Bertz CT molecular complexity index is 962. The van der Waals surface area contributed by atoms with Gasteiger partial charge in [-0.2, -0.15) is 0 Å². The predicted molar refractivity (Wildman–Crippen MR) is 97.2 cm³/mol. The summed E-state index contributed by atoms with van der Waals surface area (Å²) < 4.78 is 6.63. The largest absolute Gasteiger partial charge is 0.372 e. The highest BCUT2D eigenvalue weighted by Gasteiger charge is 2.10. The minimum absolute atomic E-state index is 0.0193. The summed E-state index contributed by atoms with van der Waals surface area (Å²) in [5.41, 5.74) is 1.91. The van der Waals surface area contributed by atoms with Crippen LogP contribution in [-0.2, 0) is 9.53 Å². The molecule has 0 radical (unpaired) electrons. The van der Waals surface area contributed by atoms with Crippen LogP contribution in [0.15, 0.2) is 53.3 Å². The fraction of sp³-hybridized carbons (Fsp3) is 0.211. The smallest absolute Gasteiger partial charge is 0.265 e. The van der Waals surface area contributed by atoms with Gasteiger partial charge in [-0.15, -0.1) is 0 Å². The van der Waals surface area contributed by atoms with Gasteiger partial charge in [-0.25, -0.2) is 4.98 Å². The SMILES string of the molecule is CCOCC(=O)Nc1ccc(-n2c(C)nc3ccccc3c2=O)cc1. The van der Waals surface area contributed by atoms with E-state index < -0.39 is 0 Å². The molecule has 0 atom stereocenters. The van der Waals surface area contributed by atoms with Crippen LogP contribution in [-0.4, -0.2) is 28.7 Å². The van der Waals surface area contributed by atoms with Crippen molar-refractivity contribution in [2.45, 2.75) is 13.8 Å². The molecule has 1 aromatic heterocycles. The lowest BCUT2D eigenvalue weighted by atomic mass is 10.2. The molecule has 0 aliphatic heterocycles. The van der Waals surface area contributed by atoms with Gasteiger partial charge in [-0.1, -0.05) is 12.1 Å². The Morgan fingerprint density at radius 2 is 1.88 bits per heavy atom. The van der Waals surface area contributed by atoms with Crippen molar-refractivity contribution in [2.24, 2.45) is 0 Å². The third-order valence-corrected chi connectivity index (χ3v) is 3.79. The highest BCUT2D eigenvalue weighted by molar-refractivity contribution is 5.91. The maximum atomic E-state index is 12.8. The molecular formula is C19H19N3O3. The van der Waals surface area contributed by atoms with E-state index >= 15 is 0 Å². The Kier molecular flexibility index (Phi) is 4.90. The molecule has 0 aliphatic rings. The Labute approximate surface area is 145 Å². The molecule has 3 aromatic rings. The zero-order valence-corrected chi connectivity index (χ0v) is 14.2.